The molecule has 0 fully saturated rings. The number of thiazole rings is 1. The molecule has 0 saturated heterocycles. The van der Waals surface area contributed by atoms with Crippen LogP contribution in [0.15, 0.2) is 60.0 Å². The van der Waals surface area contributed by atoms with Crippen molar-refractivity contribution >= 4 is 40.5 Å². The first-order valence-electron chi connectivity index (χ1n) is 14.5. The summed E-state index contributed by atoms with van der Waals surface area (Å²) in [6.45, 7) is 0.185. The molecule has 2 atom stereocenters. The number of hydrogen-bond donors (Lipinski definition) is 0. The molecule has 1 amide bonds. The van der Waals surface area contributed by atoms with Crippen molar-refractivity contribution in [3.05, 3.63) is 92.4 Å². The van der Waals surface area contributed by atoms with E-state index in [4.69, 9.17) is 45.0 Å². The van der Waals surface area contributed by atoms with Crippen molar-refractivity contribution in [2.75, 3.05) is 40.4 Å². The number of nitrogens with zero attached hydrogens (tertiary/aromatic N) is 2. The number of anilines is 1. The summed E-state index contributed by atoms with van der Waals surface area (Å²) >= 11 is 7.99. The van der Waals surface area contributed by atoms with Crippen LogP contribution in [0.25, 0.3) is 0 Å². The van der Waals surface area contributed by atoms with E-state index in [1.54, 1.807) is 51.5 Å². The molecule has 0 radical (unpaired) electrons. The molecular formula is C34H35ClN2O8S. The SMILES string of the molecule is COC(=O)CCc1csc(CC2OC(c3cccc(OC)c3OC)c3cc(Cl)ccc3N(Cc3ccc(OC)cc3OC)C2=O)n1. The fraction of sp³-hybridized carbons (Fsp3) is 0.324. The average molecular weight is 667 g/mol. The van der Waals surface area contributed by atoms with Crippen molar-refractivity contribution in [3.8, 4) is 23.0 Å². The lowest BCUT2D eigenvalue weighted by molar-refractivity contribution is -0.140. The van der Waals surface area contributed by atoms with Crippen molar-refractivity contribution in [1.29, 1.82) is 0 Å². The van der Waals surface area contributed by atoms with E-state index in [0.717, 1.165) is 11.3 Å². The number of fused-ring (bicyclic) bond motifs is 1. The molecule has 46 heavy (non-hydrogen) atoms. The van der Waals surface area contributed by atoms with E-state index in [2.05, 4.69) is 0 Å². The highest BCUT2D eigenvalue weighted by Gasteiger charge is 2.39. The van der Waals surface area contributed by atoms with Gasteiger partial charge in [-0.3, -0.25) is 9.59 Å². The maximum atomic E-state index is 14.6. The lowest BCUT2D eigenvalue weighted by Crippen LogP contribution is -2.40. The number of esters is 1. The first-order valence-corrected chi connectivity index (χ1v) is 15.7. The average Bonchev–Trinajstić information content (AvgIpc) is 3.50. The number of para-hydroxylation sites is 1. The molecule has 2 unspecified atom stereocenters. The number of benzene rings is 3. The van der Waals surface area contributed by atoms with Crippen LogP contribution in [0.4, 0.5) is 5.69 Å². The highest BCUT2D eigenvalue weighted by Crippen LogP contribution is 2.46. The second kappa shape index (κ2) is 14.8. The van der Waals surface area contributed by atoms with Gasteiger partial charge in [0.2, 0.25) is 0 Å². The van der Waals surface area contributed by atoms with Gasteiger partial charge in [0.15, 0.2) is 11.5 Å². The zero-order valence-electron chi connectivity index (χ0n) is 26.2. The quantitative estimate of drug-likeness (QED) is 0.163. The topological polar surface area (TPSA) is 106 Å². The van der Waals surface area contributed by atoms with Gasteiger partial charge in [0.1, 0.15) is 23.7 Å². The summed E-state index contributed by atoms with van der Waals surface area (Å²) < 4.78 is 34.0. The molecule has 242 valence electrons. The Morgan fingerprint density at radius 3 is 2.48 bits per heavy atom. The van der Waals surface area contributed by atoms with Crippen LogP contribution in [-0.4, -0.2) is 58.5 Å². The molecule has 4 aromatic rings. The molecule has 1 aromatic heterocycles. The molecule has 10 nitrogen and oxygen atoms in total. The van der Waals surface area contributed by atoms with Crippen LogP contribution < -0.4 is 23.8 Å². The third-order valence-electron chi connectivity index (χ3n) is 7.72. The van der Waals surface area contributed by atoms with Crippen LogP contribution in [0, 0.1) is 0 Å². The van der Waals surface area contributed by atoms with Gasteiger partial charge in [-0.15, -0.1) is 11.3 Å². The smallest absolute Gasteiger partial charge is 0.305 e. The van der Waals surface area contributed by atoms with Gasteiger partial charge in [0.05, 0.1) is 64.9 Å². The Balaban J connectivity index is 1.61. The van der Waals surface area contributed by atoms with Gasteiger partial charge < -0.3 is 33.3 Å². The summed E-state index contributed by atoms with van der Waals surface area (Å²) in [6, 6.07) is 16.4. The molecule has 0 aliphatic carbocycles. The van der Waals surface area contributed by atoms with Crippen molar-refractivity contribution in [2.24, 2.45) is 0 Å². The Hall–Kier alpha value is -4.32. The number of hydrogen-bond acceptors (Lipinski definition) is 10. The number of carbonyl (C=O) groups excluding carboxylic acids is 2. The zero-order valence-corrected chi connectivity index (χ0v) is 27.8. The Kier molecular flexibility index (Phi) is 10.7. The summed E-state index contributed by atoms with van der Waals surface area (Å²) in [4.78, 5) is 32.7. The number of methoxy groups -OCH3 is 5. The summed E-state index contributed by atoms with van der Waals surface area (Å²) in [5.74, 6) is 1.63. The molecule has 0 bridgehead atoms. The van der Waals surface area contributed by atoms with Crippen LogP contribution in [0.3, 0.4) is 0 Å². The van der Waals surface area contributed by atoms with E-state index in [1.165, 1.54) is 18.4 Å². The molecule has 0 saturated carbocycles. The van der Waals surface area contributed by atoms with Gasteiger partial charge in [0.25, 0.3) is 5.91 Å². The number of ether oxygens (including phenoxy) is 6. The minimum atomic E-state index is -0.948. The minimum Gasteiger partial charge on any atom is -0.497 e. The van der Waals surface area contributed by atoms with Crippen LogP contribution in [0.5, 0.6) is 23.0 Å². The predicted octanol–water partition coefficient (Wildman–Crippen LogP) is 6.20. The predicted molar refractivity (Wildman–Crippen MR) is 175 cm³/mol. The summed E-state index contributed by atoms with van der Waals surface area (Å²) in [6.07, 6.45) is -0.864. The Labute approximate surface area is 276 Å². The highest BCUT2D eigenvalue weighted by atomic mass is 35.5. The van der Waals surface area contributed by atoms with E-state index in [1.807, 2.05) is 41.8 Å². The summed E-state index contributed by atoms with van der Waals surface area (Å²) in [5.41, 5.74) is 3.49. The molecule has 12 heteroatoms. The Morgan fingerprint density at radius 2 is 1.76 bits per heavy atom. The van der Waals surface area contributed by atoms with Crippen LogP contribution >= 0.6 is 22.9 Å². The van der Waals surface area contributed by atoms with Crippen LogP contribution in [-0.2, 0) is 38.4 Å². The lowest BCUT2D eigenvalue weighted by atomic mass is 9.97. The van der Waals surface area contributed by atoms with E-state index in [9.17, 15) is 9.59 Å². The number of carbonyl (C=O) groups is 2. The number of rotatable bonds is 12. The minimum absolute atomic E-state index is 0.185. The largest absolute Gasteiger partial charge is 0.497 e. The lowest BCUT2D eigenvalue weighted by Gasteiger charge is -2.26. The Bertz CT molecular complexity index is 1710. The van der Waals surface area contributed by atoms with Crippen LogP contribution in [0.1, 0.15) is 39.9 Å². The third kappa shape index (κ3) is 7.06. The van der Waals surface area contributed by atoms with E-state index in [0.29, 0.717) is 56.3 Å². The summed E-state index contributed by atoms with van der Waals surface area (Å²) in [7, 11) is 7.65. The first-order chi connectivity index (χ1) is 22.3. The monoisotopic (exact) mass is 666 g/mol. The van der Waals surface area contributed by atoms with Gasteiger partial charge in [-0.2, -0.15) is 0 Å². The molecule has 0 N–H and O–H groups in total. The maximum absolute atomic E-state index is 14.6. The number of amides is 1. The van der Waals surface area contributed by atoms with E-state index in [-0.39, 0.29) is 31.3 Å². The molecule has 0 spiro atoms. The van der Waals surface area contributed by atoms with Crippen molar-refractivity contribution < 1.29 is 38.0 Å². The Morgan fingerprint density at radius 1 is 0.957 bits per heavy atom. The van der Waals surface area contributed by atoms with E-state index < -0.39 is 12.2 Å². The zero-order chi connectivity index (χ0) is 32.8. The normalized spacial score (nSPS) is 16.0. The molecular weight excluding hydrogens is 632 g/mol. The molecule has 1 aliphatic rings. The van der Waals surface area contributed by atoms with Crippen molar-refractivity contribution in [1.82, 2.24) is 4.98 Å². The molecule has 3 aromatic carbocycles. The first kappa shape index (κ1) is 33.1. The molecule has 5 rings (SSSR count). The van der Waals surface area contributed by atoms with Crippen molar-refractivity contribution in [3.63, 3.8) is 0 Å². The van der Waals surface area contributed by atoms with Gasteiger partial charge in [-0.05, 0) is 36.4 Å². The third-order valence-corrected chi connectivity index (χ3v) is 8.87. The van der Waals surface area contributed by atoms with Gasteiger partial charge in [-0.1, -0.05) is 23.7 Å². The van der Waals surface area contributed by atoms with Gasteiger partial charge >= 0.3 is 5.97 Å². The number of aromatic nitrogens is 1. The number of halogens is 1. The standard InChI is InChI=1S/C34H35ClN2O8S/c1-40-23-12-9-20(28(16-23)42-3)18-37-26-13-10-21(35)15-25(26)32(24-7-6-8-27(41-2)33(24)44-5)45-29(34(37)39)17-30-36-22(19-46-30)11-14-31(38)43-4/h6-10,12-13,15-16,19,29,32H,11,14,17-18H2,1-5H3. The molecule has 2 heterocycles. The fourth-order valence-electron chi connectivity index (χ4n) is 5.43. The number of aryl methyl sites for hydroxylation is 1. The second-order valence-corrected chi connectivity index (χ2v) is 11.8. The highest BCUT2D eigenvalue weighted by molar-refractivity contribution is 7.09. The maximum Gasteiger partial charge on any atom is 0.305 e. The second-order valence-electron chi connectivity index (χ2n) is 10.4. The van der Waals surface area contributed by atoms with E-state index >= 15 is 0 Å². The van der Waals surface area contributed by atoms with Gasteiger partial charge in [0, 0.05) is 46.0 Å². The van der Waals surface area contributed by atoms with Crippen molar-refractivity contribution in [2.45, 2.75) is 38.0 Å². The van der Waals surface area contributed by atoms with Gasteiger partial charge in [-0.25, -0.2) is 4.98 Å². The summed E-state index contributed by atoms with van der Waals surface area (Å²) in [5, 5.41) is 3.06. The molecule has 1 aliphatic heterocycles. The fourth-order valence-corrected chi connectivity index (χ4v) is 6.47. The van der Waals surface area contributed by atoms with Crippen LogP contribution in [0.2, 0.25) is 5.02 Å².